The summed E-state index contributed by atoms with van der Waals surface area (Å²) in [6.07, 6.45) is 0. The van der Waals surface area contributed by atoms with Gasteiger partial charge in [-0.15, -0.1) is 0 Å². The SMILES string of the molecule is Nc1ccc(-c2ccccc2)cc1NC(=O)c1ccc(CN2CCOCC2)cc1. The molecule has 5 heteroatoms. The van der Waals surface area contributed by atoms with Crippen molar-refractivity contribution in [1.82, 2.24) is 4.90 Å². The van der Waals surface area contributed by atoms with Crippen molar-refractivity contribution in [2.45, 2.75) is 6.54 Å². The summed E-state index contributed by atoms with van der Waals surface area (Å²) in [5.74, 6) is -0.167. The molecule has 0 aliphatic carbocycles. The van der Waals surface area contributed by atoms with Crippen molar-refractivity contribution in [2.24, 2.45) is 0 Å². The number of hydrogen-bond acceptors (Lipinski definition) is 4. The Balaban J connectivity index is 1.45. The minimum Gasteiger partial charge on any atom is -0.397 e. The first kappa shape index (κ1) is 19.2. The van der Waals surface area contributed by atoms with Crippen LogP contribution in [0.2, 0.25) is 0 Å². The Hall–Kier alpha value is -3.15. The predicted molar refractivity (Wildman–Crippen MR) is 117 cm³/mol. The number of ether oxygens (including phenoxy) is 1. The molecule has 1 aliphatic rings. The van der Waals surface area contributed by atoms with E-state index in [1.54, 1.807) is 0 Å². The molecule has 3 aromatic rings. The molecule has 5 nitrogen and oxygen atoms in total. The van der Waals surface area contributed by atoms with E-state index in [0.29, 0.717) is 16.9 Å². The number of nitrogen functional groups attached to an aromatic ring is 1. The van der Waals surface area contributed by atoms with Gasteiger partial charge >= 0.3 is 0 Å². The molecule has 4 rings (SSSR count). The number of rotatable bonds is 5. The molecule has 0 radical (unpaired) electrons. The maximum absolute atomic E-state index is 12.7. The van der Waals surface area contributed by atoms with E-state index >= 15 is 0 Å². The van der Waals surface area contributed by atoms with Crippen LogP contribution in [-0.4, -0.2) is 37.1 Å². The van der Waals surface area contributed by atoms with Gasteiger partial charge < -0.3 is 15.8 Å². The lowest BCUT2D eigenvalue weighted by atomic mass is 10.0. The summed E-state index contributed by atoms with van der Waals surface area (Å²) >= 11 is 0. The highest BCUT2D eigenvalue weighted by atomic mass is 16.5. The van der Waals surface area contributed by atoms with Crippen LogP contribution in [0, 0.1) is 0 Å². The minimum atomic E-state index is -0.167. The zero-order valence-corrected chi connectivity index (χ0v) is 16.3. The third kappa shape index (κ3) is 4.83. The highest BCUT2D eigenvalue weighted by molar-refractivity contribution is 6.06. The standard InChI is InChI=1S/C24H25N3O2/c25-22-11-10-21(19-4-2-1-3-5-19)16-23(22)26-24(28)20-8-6-18(7-9-20)17-27-12-14-29-15-13-27/h1-11,16H,12-15,17,25H2,(H,26,28). The zero-order chi connectivity index (χ0) is 20.1. The molecule has 1 fully saturated rings. The Morgan fingerprint density at radius 3 is 2.38 bits per heavy atom. The second kappa shape index (κ2) is 8.90. The topological polar surface area (TPSA) is 67.6 Å². The maximum atomic E-state index is 12.7. The number of carbonyl (C=O) groups excluding carboxylic acids is 1. The molecule has 0 saturated carbocycles. The van der Waals surface area contributed by atoms with Crippen LogP contribution in [0.25, 0.3) is 11.1 Å². The zero-order valence-electron chi connectivity index (χ0n) is 16.3. The van der Waals surface area contributed by atoms with Crippen LogP contribution < -0.4 is 11.1 Å². The van der Waals surface area contributed by atoms with E-state index in [9.17, 15) is 4.79 Å². The van der Waals surface area contributed by atoms with Gasteiger partial charge in [0, 0.05) is 25.2 Å². The van der Waals surface area contributed by atoms with E-state index in [4.69, 9.17) is 10.5 Å². The number of nitrogens with two attached hydrogens (primary N) is 1. The number of benzene rings is 3. The molecular weight excluding hydrogens is 362 g/mol. The molecule has 0 spiro atoms. The second-order valence-corrected chi connectivity index (χ2v) is 7.21. The van der Waals surface area contributed by atoms with E-state index in [1.165, 1.54) is 5.56 Å². The summed E-state index contributed by atoms with van der Waals surface area (Å²) in [5.41, 5.74) is 11.1. The summed E-state index contributed by atoms with van der Waals surface area (Å²) in [5, 5.41) is 2.95. The molecule has 3 N–H and O–H groups in total. The van der Waals surface area contributed by atoms with Gasteiger partial charge in [-0.05, 0) is 41.0 Å². The van der Waals surface area contributed by atoms with Crippen LogP contribution in [0.15, 0.2) is 72.8 Å². The first-order chi connectivity index (χ1) is 14.2. The molecule has 148 valence electrons. The van der Waals surface area contributed by atoms with Crippen molar-refractivity contribution in [1.29, 1.82) is 0 Å². The predicted octanol–water partition coefficient (Wildman–Crippen LogP) is 4.02. The number of anilines is 2. The molecule has 1 heterocycles. The van der Waals surface area contributed by atoms with Gasteiger partial charge in [0.25, 0.3) is 5.91 Å². The molecule has 3 aromatic carbocycles. The molecule has 0 aromatic heterocycles. The fourth-order valence-corrected chi connectivity index (χ4v) is 3.45. The van der Waals surface area contributed by atoms with Crippen LogP contribution in [0.3, 0.4) is 0 Å². The highest BCUT2D eigenvalue weighted by Gasteiger charge is 2.12. The first-order valence-corrected chi connectivity index (χ1v) is 9.84. The molecule has 1 aliphatic heterocycles. The lowest BCUT2D eigenvalue weighted by molar-refractivity contribution is 0.0342. The molecule has 0 unspecified atom stereocenters. The molecule has 29 heavy (non-hydrogen) atoms. The van der Waals surface area contributed by atoms with Gasteiger partial charge in [0.1, 0.15) is 0 Å². The largest absolute Gasteiger partial charge is 0.397 e. The lowest BCUT2D eigenvalue weighted by Gasteiger charge is -2.26. The summed E-state index contributed by atoms with van der Waals surface area (Å²) < 4.78 is 5.39. The third-order valence-corrected chi connectivity index (χ3v) is 5.13. The molecular formula is C24H25N3O2. The summed E-state index contributed by atoms with van der Waals surface area (Å²) in [7, 11) is 0. The minimum absolute atomic E-state index is 0.167. The van der Waals surface area contributed by atoms with Crippen molar-refractivity contribution < 1.29 is 9.53 Å². The summed E-state index contributed by atoms with van der Waals surface area (Å²) in [6.45, 7) is 4.32. The smallest absolute Gasteiger partial charge is 0.255 e. The quantitative estimate of drug-likeness (QED) is 0.649. The van der Waals surface area contributed by atoms with Gasteiger partial charge in [-0.2, -0.15) is 0 Å². The molecule has 0 atom stereocenters. The van der Waals surface area contributed by atoms with Crippen LogP contribution in [-0.2, 0) is 11.3 Å². The summed E-state index contributed by atoms with van der Waals surface area (Å²) in [6, 6.07) is 23.5. The number of hydrogen-bond donors (Lipinski definition) is 2. The van der Waals surface area contributed by atoms with Gasteiger partial charge in [-0.25, -0.2) is 0 Å². The maximum Gasteiger partial charge on any atom is 0.255 e. The third-order valence-electron chi connectivity index (χ3n) is 5.13. The Morgan fingerprint density at radius 2 is 1.66 bits per heavy atom. The van der Waals surface area contributed by atoms with Crippen molar-refractivity contribution in [3.8, 4) is 11.1 Å². The van der Waals surface area contributed by atoms with Crippen molar-refractivity contribution >= 4 is 17.3 Å². The monoisotopic (exact) mass is 387 g/mol. The van der Waals surface area contributed by atoms with Crippen molar-refractivity contribution in [3.63, 3.8) is 0 Å². The Bertz CT molecular complexity index is 965. The second-order valence-electron chi connectivity index (χ2n) is 7.21. The van der Waals surface area contributed by atoms with Gasteiger partial charge in [-0.1, -0.05) is 48.5 Å². The van der Waals surface area contributed by atoms with Crippen LogP contribution in [0.5, 0.6) is 0 Å². The van der Waals surface area contributed by atoms with Crippen molar-refractivity contribution in [3.05, 3.63) is 83.9 Å². The number of carbonyl (C=O) groups is 1. The summed E-state index contributed by atoms with van der Waals surface area (Å²) in [4.78, 5) is 15.1. The van der Waals surface area contributed by atoms with Gasteiger partial charge in [0.15, 0.2) is 0 Å². The Kier molecular flexibility index (Phi) is 5.89. The highest BCUT2D eigenvalue weighted by Crippen LogP contribution is 2.27. The number of nitrogens with zero attached hydrogens (tertiary/aromatic N) is 1. The van der Waals surface area contributed by atoms with Gasteiger partial charge in [0.2, 0.25) is 0 Å². The fourth-order valence-electron chi connectivity index (χ4n) is 3.45. The number of nitrogens with one attached hydrogen (secondary N) is 1. The first-order valence-electron chi connectivity index (χ1n) is 9.84. The van der Waals surface area contributed by atoms with E-state index in [0.717, 1.165) is 44.0 Å². The van der Waals surface area contributed by atoms with Crippen molar-refractivity contribution in [2.75, 3.05) is 37.4 Å². The van der Waals surface area contributed by atoms with E-state index < -0.39 is 0 Å². The van der Waals surface area contributed by atoms with Crippen LogP contribution >= 0.6 is 0 Å². The van der Waals surface area contributed by atoms with Gasteiger partial charge in [-0.3, -0.25) is 9.69 Å². The Labute approximate surface area is 171 Å². The lowest BCUT2D eigenvalue weighted by Crippen LogP contribution is -2.35. The van der Waals surface area contributed by atoms with E-state index in [-0.39, 0.29) is 5.91 Å². The Morgan fingerprint density at radius 1 is 0.931 bits per heavy atom. The molecule has 1 amide bonds. The van der Waals surface area contributed by atoms with Crippen LogP contribution in [0.1, 0.15) is 15.9 Å². The normalized spacial score (nSPS) is 14.5. The number of amides is 1. The fraction of sp³-hybridized carbons (Fsp3) is 0.208. The molecule has 1 saturated heterocycles. The van der Waals surface area contributed by atoms with Gasteiger partial charge in [0.05, 0.1) is 24.6 Å². The van der Waals surface area contributed by atoms with Crippen LogP contribution in [0.4, 0.5) is 11.4 Å². The average molecular weight is 387 g/mol. The van der Waals surface area contributed by atoms with E-state index in [2.05, 4.69) is 10.2 Å². The number of morpholine rings is 1. The van der Waals surface area contributed by atoms with E-state index in [1.807, 2.05) is 72.8 Å². The average Bonchev–Trinajstić information content (AvgIpc) is 2.77. The molecule has 0 bridgehead atoms.